The maximum Gasteiger partial charge on any atom is 0.327 e. The quantitative estimate of drug-likeness (QED) is 0.354. The van der Waals surface area contributed by atoms with Crippen LogP contribution in [0.15, 0.2) is 12.2 Å². The van der Waals surface area contributed by atoms with Gasteiger partial charge in [0.15, 0.2) is 6.29 Å². The summed E-state index contributed by atoms with van der Waals surface area (Å²) < 4.78 is 0. The van der Waals surface area contributed by atoms with Gasteiger partial charge in [0.2, 0.25) is 0 Å². The Kier molecular flexibility index (Phi) is 7.40. The van der Waals surface area contributed by atoms with Crippen molar-refractivity contribution in [2.75, 3.05) is 0 Å². The van der Waals surface area contributed by atoms with Crippen molar-refractivity contribution in [2.45, 2.75) is 32.6 Å². The summed E-state index contributed by atoms with van der Waals surface area (Å²) >= 11 is 0. The molecule has 0 spiro atoms. The Hall–Kier alpha value is -0.910. The molecule has 5 N–H and O–H groups in total. The fourth-order valence-corrected chi connectivity index (χ4v) is 0.143. The van der Waals surface area contributed by atoms with Crippen LogP contribution in [-0.4, -0.2) is 33.1 Å². The van der Waals surface area contributed by atoms with E-state index in [0.717, 1.165) is 6.08 Å². The van der Waals surface area contributed by atoms with E-state index in [1.807, 2.05) is 0 Å². The molecule has 0 fully saturated rings. The van der Waals surface area contributed by atoms with Gasteiger partial charge in [0, 0.05) is 6.08 Å². The Morgan fingerprint density at radius 2 is 1.77 bits per heavy atom. The molecule has 5 heteroatoms. The third-order valence-electron chi connectivity index (χ3n) is 0.975. The number of nitrogens with two attached hydrogens (primary N) is 1. The van der Waals surface area contributed by atoms with Gasteiger partial charge in [-0.2, -0.15) is 0 Å². The minimum absolute atomic E-state index is 0.889. The standard InChI is InChI=1S/C4H11NO2.C4H6O2/c1-4(2,5)3(6)7;1-2-3-4(5)6/h3,6-7H,5H2,1-2H3;2-3H,1H3,(H,5,6)/b;3-2+. The monoisotopic (exact) mass is 191 g/mol. The van der Waals surface area contributed by atoms with Crippen molar-refractivity contribution in [3.05, 3.63) is 12.2 Å². The first kappa shape index (κ1) is 14.6. The molecule has 0 atom stereocenters. The molecule has 0 aliphatic heterocycles. The van der Waals surface area contributed by atoms with Crippen LogP contribution >= 0.6 is 0 Å². The Bertz CT molecular complexity index is 169. The number of aliphatic carboxylic acids is 1. The number of aliphatic hydroxyl groups is 2. The van der Waals surface area contributed by atoms with Crippen molar-refractivity contribution < 1.29 is 20.1 Å². The summed E-state index contributed by atoms with van der Waals surface area (Å²) in [6.07, 6.45) is 1.13. The summed E-state index contributed by atoms with van der Waals surface area (Å²) in [6.45, 7) is 4.74. The van der Waals surface area contributed by atoms with E-state index >= 15 is 0 Å². The molecule has 0 aromatic rings. The second-order valence-corrected chi connectivity index (χ2v) is 3.03. The molecule has 0 aromatic heterocycles. The smallest absolute Gasteiger partial charge is 0.327 e. The van der Waals surface area contributed by atoms with Crippen molar-refractivity contribution in [3.63, 3.8) is 0 Å². The Balaban J connectivity index is 0. The number of allylic oxidation sites excluding steroid dienone is 1. The Morgan fingerprint density at radius 3 is 1.77 bits per heavy atom. The van der Waals surface area contributed by atoms with Crippen molar-refractivity contribution in [2.24, 2.45) is 5.73 Å². The van der Waals surface area contributed by atoms with E-state index in [1.54, 1.807) is 6.92 Å². The summed E-state index contributed by atoms with van der Waals surface area (Å²) in [5, 5.41) is 24.5. The predicted octanol–water partition coefficient (Wildman–Crippen LogP) is -0.319. The minimum atomic E-state index is -1.42. The zero-order valence-electron chi connectivity index (χ0n) is 8.06. The highest BCUT2D eigenvalue weighted by Gasteiger charge is 2.18. The molecule has 0 bridgehead atoms. The van der Waals surface area contributed by atoms with Crippen LogP contribution in [0.3, 0.4) is 0 Å². The number of carbonyl (C=O) groups is 1. The van der Waals surface area contributed by atoms with Gasteiger partial charge in [-0.3, -0.25) is 0 Å². The largest absolute Gasteiger partial charge is 0.478 e. The van der Waals surface area contributed by atoms with E-state index in [0.29, 0.717) is 0 Å². The second kappa shape index (κ2) is 6.59. The van der Waals surface area contributed by atoms with Gasteiger partial charge < -0.3 is 21.1 Å². The van der Waals surface area contributed by atoms with E-state index in [1.165, 1.54) is 19.9 Å². The van der Waals surface area contributed by atoms with Crippen LogP contribution in [0.5, 0.6) is 0 Å². The second-order valence-electron chi connectivity index (χ2n) is 3.03. The van der Waals surface area contributed by atoms with Gasteiger partial charge in [0.05, 0.1) is 5.54 Å². The Morgan fingerprint density at radius 1 is 1.46 bits per heavy atom. The van der Waals surface area contributed by atoms with Gasteiger partial charge in [-0.05, 0) is 20.8 Å². The molecule has 0 unspecified atom stereocenters. The zero-order chi connectivity index (χ0) is 11.1. The lowest BCUT2D eigenvalue weighted by atomic mass is 10.1. The molecule has 13 heavy (non-hydrogen) atoms. The summed E-state index contributed by atoms with van der Waals surface area (Å²) in [7, 11) is 0. The highest BCUT2D eigenvalue weighted by atomic mass is 16.5. The van der Waals surface area contributed by atoms with Crippen LogP contribution in [0.4, 0.5) is 0 Å². The molecule has 0 rings (SSSR count). The minimum Gasteiger partial charge on any atom is -0.478 e. The third kappa shape index (κ3) is 14.0. The number of hydrogen-bond acceptors (Lipinski definition) is 4. The van der Waals surface area contributed by atoms with Gasteiger partial charge in [0.1, 0.15) is 0 Å². The lowest BCUT2D eigenvalue weighted by Gasteiger charge is -2.19. The molecule has 0 saturated heterocycles. The van der Waals surface area contributed by atoms with E-state index < -0.39 is 17.8 Å². The van der Waals surface area contributed by atoms with Crippen LogP contribution in [-0.2, 0) is 4.79 Å². The molecule has 78 valence electrons. The lowest BCUT2D eigenvalue weighted by molar-refractivity contribution is -0.131. The number of rotatable bonds is 2. The lowest BCUT2D eigenvalue weighted by Crippen LogP contribution is -2.44. The highest BCUT2D eigenvalue weighted by molar-refractivity contribution is 5.79. The molecule has 0 saturated carbocycles. The normalized spacial score (nSPS) is 11.3. The van der Waals surface area contributed by atoms with Gasteiger partial charge in [0.25, 0.3) is 0 Å². The number of hydrogen-bond donors (Lipinski definition) is 4. The number of carboxylic acid groups (broad SMARTS) is 1. The summed E-state index contributed by atoms with van der Waals surface area (Å²) in [6, 6.07) is 0. The molecule has 0 amide bonds. The molecule has 0 heterocycles. The van der Waals surface area contributed by atoms with Crippen LogP contribution in [0, 0.1) is 0 Å². The first-order valence-electron chi connectivity index (χ1n) is 3.72. The SMILES string of the molecule is C/C=C/C(=O)O.CC(C)(N)C(O)O. The zero-order valence-corrected chi connectivity index (χ0v) is 8.06. The first-order valence-corrected chi connectivity index (χ1v) is 3.72. The average Bonchev–Trinajstić information content (AvgIpc) is 1.85. The molecule has 0 radical (unpaired) electrons. The van der Waals surface area contributed by atoms with Crippen LogP contribution in [0.2, 0.25) is 0 Å². The van der Waals surface area contributed by atoms with Gasteiger partial charge in [-0.15, -0.1) is 0 Å². The highest BCUT2D eigenvalue weighted by Crippen LogP contribution is 1.98. The van der Waals surface area contributed by atoms with Crippen molar-refractivity contribution >= 4 is 5.97 Å². The topological polar surface area (TPSA) is 104 Å². The van der Waals surface area contributed by atoms with E-state index in [9.17, 15) is 4.79 Å². The van der Waals surface area contributed by atoms with Crippen molar-refractivity contribution in [1.82, 2.24) is 0 Å². The summed E-state index contributed by atoms with van der Waals surface area (Å²) in [4.78, 5) is 9.51. The van der Waals surface area contributed by atoms with Crippen LogP contribution in [0.1, 0.15) is 20.8 Å². The third-order valence-corrected chi connectivity index (χ3v) is 0.975. The fourth-order valence-electron chi connectivity index (χ4n) is 0.143. The maximum atomic E-state index is 9.51. The van der Waals surface area contributed by atoms with E-state index in [2.05, 4.69) is 0 Å². The summed E-state index contributed by atoms with van der Waals surface area (Å²) in [5.41, 5.74) is 4.29. The van der Waals surface area contributed by atoms with Crippen LogP contribution < -0.4 is 5.73 Å². The van der Waals surface area contributed by atoms with Crippen molar-refractivity contribution in [3.8, 4) is 0 Å². The summed E-state index contributed by atoms with van der Waals surface area (Å²) in [5.74, 6) is -0.891. The van der Waals surface area contributed by atoms with E-state index in [-0.39, 0.29) is 0 Å². The first-order chi connectivity index (χ1) is 5.71. The molecule has 0 aliphatic rings. The average molecular weight is 191 g/mol. The predicted molar refractivity (Wildman–Crippen MR) is 48.9 cm³/mol. The van der Waals surface area contributed by atoms with Gasteiger partial charge in [-0.25, -0.2) is 4.79 Å². The molecule has 0 aliphatic carbocycles. The molecular weight excluding hydrogens is 174 g/mol. The van der Waals surface area contributed by atoms with Crippen LogP contribution in [0.25, 0.3) is 0 Å². The molecular formula is C8H17NO4. The maximum absolute atomic E-state index is 9.51. The number of carboxylic acids is 1. The van der Waals surface area contributed by atoms with Gasteiger partial charge in [-0.1, -0.05) is 6.08 Å². The fraction of sp³-hybridized carbons (Fsp3) is 0.625. The Labute approximate surface area is 77.5 Å². The molecule has 0 aromatic carbocycles. The molecule has 5 nitrogen and oxygen atoms in total. The van der Waals surface area contributed by atoms with E-state index in [4.69, 9.17) is 21.1 Å². The van der Waals surface area contributed by atoms with Crippen molar-refractivity contribution in [1.29, 1.82) is 0 Å². The van der Waals surface area contributed by atoms with Gasteiger partial charge >= 0.3 is 5.97 Å². The number of aliphatic hydroxyl groups excluding tert-OH is 1.